The Balaban J connectivity index is 1.56. The van der Waals surface area contributed by atoms with Crippen LogP contribution in [0.2, 0.25) is 0 Å². The summed E-state index contributed by atoms with van der Waals surface area (Å²) in [5.41, 5.74) is 5.69. The minimum Gasteiger partial charge on any atom is -0.491 e. The smallest absolute Gasteiger partial charge is 0.254 e. The molecule has 3 aromatic carbocycles. The Hall–Kier alpha value is -3.60. The number of rotatable bonds is 9. The quantitative estimate of drug-likeness (QED) is 0.333. The van der Waals surface area contributed by atoms with Crippen molar-refractivity contribution < 1.29 is 14.3 Å². The van der Waals surface area contributed by atoms with Gasteiger partial charge in [0.2, 0.25) is 5.91 Å². The summed E-state index contributed by atoms with van der Waals surface area (Å²) in [5, 5.41) is 3.06. The Labute approximate surface area is 220 Å². The largest absolute Gasteiger partial charge is 0.491 e. The molecule has 0 spiro atoms. The fourth-order valence-corrected chi connectivity index (χ4v) is 4.81. The second-order valence-electron chi connectivity index (χ2n) is 10.2. The van der Waals surface area contributed by atoms with E-state index in [9.17, 15) is 9.59 Å². The second kappa shape index (κ2) is 12.1. The molecule has 0 aromatic heterocycles. The Morgan fingerprint density at radius 3 is 2.43 bits per heavy atom. The molecule has 0 bridgehead atoms. The van der Waals surface area contributed by atoms with Gasteiger partial charge in [0.05, 0.1) is 6.10 Å². The molecule has 5 nitrogen and oxygen atoms in total. The molecule has 0 aliphatic carbocycles. The van der Waals surface area contributed by atoms with Crippen LogP contribution in [0.1, 0.15) is 72.6 Å². The van der Waals surface area contributed by atoms with Crippen LogP contribution in [0.15, 0.2) is 66.7 Å². The molecule has 1 atom stereocenters. The highest BCUT2D eigenvalue weighted by Gasteiger charge is 2.35. The number of aryl methyl sites for hydroxylation is 2. The highest BCUT2D eigenvalue weighted by atomic mass is 16.5. The molecule has 0 unspecified atom stereocenters. The first-order valence-corrected chi connectivity index (χ1v) is 13.4. The summed E-state index contributed by atoms with van der Waals surface area (Å²) in [5.74, 6) is 0.347. The third-order valence-corrected chi connectivity index (χ3v) is 6.90. The lowest BCUT2D eigenvalue weighted by Crippen LogP contribution is -2.50. The number of nitrogens with zero attached hydrogens (tertiary/aromatic N) is 1. The number of fused-ring (bicyclic) bond motifs is 1. The van der Waals surface area contributed by atoms with E-state index >= 15 is 0 Å². The highest BCUT2D eigenvalue weighted by molar-refractivity contribution is 6.01. The summed E-state index contributed by atoms with van der Waals surface area (Å²) in [7, 11) is 0. The number of anilines is 1. The van der Waals surface area contributed by atoms with Crippen molar-refractivity contribution in [3.05, 3.63) is 94.5 Å². The normalized spacial score (nSPS) is 14.8. The van der Waals surface area contributed by atoms with E-state index < -0.39 is 6.04 Å². The number of benzene rings is 3. The van der Waals surface area contributed by atoms with Crippen LogP contribution < -0.4 is 10.1 Å². The van der Waals surface area contributed by atoms with E-state index in [2.05, 4.69) is 24.4 Å². The molecule has 1 aliphatic rings. The van der Waals surface area contributed by atoms with Gasteiger partial charge in [0.15, 0.2) is 0 Å². The fourth-order valence-electron chi connectivity index (χ4n) is 4.81. The van der Waals surface area contributed by atoms with Crippen molar-refractivity contribution in [1.82, 2.24) is 4.90 Å². The van der Waals surface area contributed by atoms with Crippen molar-refractivity contribution >= 4 is 17.5 Å². The van der Waals surface area contributed by atoms with Crippen molar-refractivity contribution in [2.24, 2.45) is 0 Å². The van der Waals surface area contributed by atoms with E-state index in [4.69, 9.17) is 4.74 Å². The average molecular weight is 499 g/mol. The van der Waals surface area contributed by atoms with Gasteiger partial charge in [0, 0.05) is 24.2 Å². The topological polar surface area (TPSA) is 58.6 Å². The van der Waals surface area contributed by atoms with Crippen molar-refractivity contribution in [1.29, 1.82) is 0 Å². The maximum Gasteiger partial charge on any atom is 0.254 e. The third-order valence-electron chi connectivity index (χ3n) is 6.90. The number of amides is 2. The lowest BCUT2D eigenvalue weighted by molar-refractivity contribution is -0.121. The summed E-state index contributed by atoms with van der Waals surface area (Å²) in [6.45, 7) is 8.49. The van der Waals surface area contributed by atoms with Gasteiger partial charge < -0.3 is 15.0 Å². The summed E-state index contributed by atoms with van der Waals surface area (Å²) in [4.78, 5) is 29.0. The first-order chi connectivity index (χ1) is 17.9. The SMILES string of the molecule is CCCCCc1ccc(NC(=O)[C@@H]2Cc3ccccc3CN2C(=O)c2ccc(C)c(OC(C)C)c2)cc1. The van der Waals surface area contributed by atoms with E-state index in [-0.39, 0.29) is 17.9 Å². The minimum atomic E-state index is -0.609. The molecule has 1 aliphatic heterocycles. The average Bonchev–Trinajstić information content (AvgIpc) is 2.89. The number of hydrogen-bond acceptors (Lipinski definition) is 3. The van der Waals surface area contributed by atoms with Crippen LogP contribution in [-0.2, 0) is 24.2 Å². The highest BCUT2D eigenvalue weighted by Crippen LogP contribution is 2.28. The van der Waals surface area contributed by atoms with Gasteiger partial charge in [-0.25, -0.2) is 0 Å². The van der Waals surface area contributed by atoms with Gasteiger partial charge in [-0.1, -0.05) is 62.2 Å². The molecule has 5 heteroatoms. The van der Waals surface area contributed by atoms with Crippen molar-refractivity contribution in [3.8, 4) is 5.75 Å². The van der Waals surface area contributed by atoms with Gasteiger partial charge in [-0.3, -0.25) is 9.59 Å². The molecule has 0 fully saturated rings. The standard InChI is InChI=1S/C32H38N2O3/c1-5-6-7-10-24-14-17-28(18-15-24)33-31(35)29-19-25-11-8-9-12-27(25)21-34(29)32(36)26-16-13-23(4)30(20-26)37-22(2)3/h8-9,11-18,20,22,29H,5-7,10,19,21H2,1-4H3,(H,33,35)/t29-/m0/s1. The number of carbonyl (C=O) groups is 2. The molecule has 0 radical (unpaired) electrons. The summed E-state index contributed by atoms with van der Waals surface area (Å²) in [6, 6.07) is 21.0. The van der Waals surface area contributed by atoms with E-state index in [1.54, 1.807) is 11.0 Å². The van der Waals surface area contributed by atoms with Crippen LogP contribution in [0.25, 0.3) is 0 Å². The summed E-state index contributed by atoms with van der Waals surface area (Å²) >= 11 is 0. The van der Waals surface area contributed by atoms with Crippen molar-refractivity contribution in [2.75, 3.05) is 5.32 Å². The van der Waals surface area contributed by atoms with E-state index in [0.717, 1.165) is 28.8 Å². The molecule has 0 saturated carbocycles. The number of ether oxygens (including phenoxy) is 1. The fraction of sp³-hybridized carbons (Fsp3) is 0.375. The monoisotopic (exact) mass is 498 g/mol. The second-order valence-corrected chi connectivity index (χ2v) is 10.2. The van der Waals surface area contributed by atoms with Crippen LogP contribution in [0.3, 0.4) is 0 Å². The molecule has 0 saturated heterocycles. The maximum absolute atomic E-state index is 13.8. The lowest BCUT2D eigenvalue weighted by atomic mass is 9.92. The Morgan fingerprint density at radius 2 is 1.73 bits per heavy atom. The minimum absolute atomic E-state index is 0.00229. The predicted molar refractivity (Wildman–Crippen MR) is 149 cm³/mol. The van der Waals surface area contributed by atoms with Gasteiger partial charge in [0.25, 0.3) is 5.91 Å². The number of unbranched alkanes of at least 4 members (excludes halogenated alkanes) is 2. The van der Waals surface area contributed by atoms with E-state index in [0.29, 0.717) is 24.3 Å². The van der Waals surface area contributed by atoms with Crippen molar-refractivity contribution in [2.45, 2.75) is 78.5 Å². The maximum atomic E-state index is 13.8. The summed E-state index contributed by atoms with van der Waals surface area (Å²) < 4.78 is 5.92. The van der Waals surface area contributed by atoms with Crippen LogP contribution in [0.4, 0.5) is 5.69 Å². The third kappa shape index (κ3) is 6.59. The number of hydrogen-bond donors (Lipinski definition) is 1. The zero-order valence-corrected chi connectivity index (χ0v) is 22.4. The van der Waals surface area contributed by atoms with E-state index in [1.807, 2.05) is 69.3 Å². The Morgan fingerprint density at radius 1 is 1.00 bits per heavy atom. The van der Waals surface area contributed by atoms with Gasteiger partial charge >= 0.3 is 0 Å². The van der Waals surface area contributed by atoms with E-state index in [1.165, 1.54) is 24.8 Å². The molecule has 2 amide bonds. The Kier molecular flexibility index (Phi) is 8.65. The number of nitrogens with one attached hydrogen (secondary N) is 1. The van der Waals surface area contributed by atoms with Gasteiger partial charge in [-0.2, -0.15) is 0 Å². The Bertz CT molecular complexity index is 1230. The first-order valence-electron chi connectivity index (χ1n) is 13.4. The predicted octanol–water partition coefficient (Wildman–Crippen LogP) is 6.72. The first kappa shape index (κ1) is 26.5. The molecule has 1 N–H and O–H groups in total. The molecular weight excluding hydrogens is 460 g/mol. The van der Waals surface area contributed by atoms with Gasteiger partial charge in [-0.05, 0) is 80.1 Å². The summed E-state index contributed by atoms with van der Waals surface area (Å²) in [6.07, 6.45) is 5.11. The molecule has 194 valence electrons. The zero-order valence-electron chi connectivity index (χ0n) is 22.4. The molecular formula is C32H38N2O3. The van der Waals surface area contributed by atoms with Crippen LogP contribution in [-0.4, -0.2) is 28.9 Å². The van der Waals surface area contributed by atoms with Crippen LogP contribution in [0, 0.1) is 6.92 Å². The van der Waals surface area contributed by atoms with Gasteiger partial charge in [0.1, 0.15) is 11.8 Å². The molecule has 3 aromatic rings. The van der Waals surface area contributed by atoms with Crippen molar-refractivity contribution in [3.63, 3.8) is 0 Å². The van der Waals surface area contributed by atoms with Crippen LogP contribution in [0.5, 0.6) is 5.75 Å². The zero-order chi connectivity index (χ0) is 26.4. The van der Waals surface area contributed by atoms with Gasteiger partial charge in [-0.15, -0.1) is 0 Å². The van der Waals surface area contributed by atoms with Crippen LogP contribution >= 0.6 is 0 Å². The number of carbonyl (C=O) groups excluding carboxylic acids is 2. The molecule has 1 heterocycles. The molecule has 37 heavy (non-hydrogen) atoms. The molecule has 4 rings (SSSR count). The lowest BCUT2D eigenvalue weighted by Gasteiger charge is -2.36.